The number of rotatable bonds is 10. The van der Waals surface area contributed by atoms with Gasteiger partial charge < -0.3 is 10.2 Å². The molecule has 6 rings (SSSR count). The van der Waals surface area contributed by atoms with E-state index >= 15 is 0 Å². The Hall–Kier alpha value is -5.98. The van der Waals surface area contributed by atoms with E-state index < -0.39 is 71.6 Å². The first-order chi connectivity index (χ1) is 26.1. The van der Waals surface area contributed by atoms with Crippen molar-refractivity contribution in [2.45, 2.75) is 19.6 Å². The van der Waals surface area contributed by atoms with Crippen molar-refractivity contribution >= 4 is 98.2 Å². The molecule has 0 aliphatic rings. The van der Waals surface area contributed by atoms with Gasteiger partial charge in [0.2, 0.25) is 0 Å². The van der Waals surface area contributed by atoms with Gasteiger partial charge in [-0.1, -0.05) is 24.3 Å². The van der Waals surface area contributed by atoms with E-state index in [1.807, 2.05) is 0 Å². The van der Waals surface area contributed by atoms with Crippen LogP contribution in [0.1, 0.15) is 22.3 Å². The van der Waals surface area contributed by atoms with Gasteiger partial charge in [0, 0.05) is 46.7 Å². The van der Waals surface area contributed by atoms with Crippen LogP contribution in [0.15, 0.2) is 115 Å². The summed E-state index contributed by atoms with van der Waals surface area (Å²) in [4.78, 5) is 13.4. The third-order valence-corrected chi connectivity index (χ3v) is 11.6. The van der Waals surface area contributed by atoms with Crippen LogP contribution in [0.2, 0.25) is 0 Å². The molecule has 0 unspecified atom stereocenters. The van der Waals surface area contributed by atoms with E-state index in [0.717, 1.165) is 48.8 Å². The van der Waals surface area contributed by atoms with E-state index in [1.165, 1.54) is 60.9 Å². The van der Waals surface area contributed by atoms with Crippen molar-refractivity contribution in [3.05, 3.63) is 107 Å². The molecule has 0 aliphatic heterocycles. The van der Waals surface area contributed by atoms with Crippen LogP contribution in [0.3, 0.4) is 0 Å². The number of nitrogens with zero attached hydrogens (tertiary/aromatic N) is 4. The fraction of sp³-hybridized carbons (Fsp3) is 0. The zero-order chi connectivity index (χ0) is 40.8. The summed E-state index contributed by atoms with van der Waals surface area (Å²) >= 11 is 0. The Kier molecular flexibility index (Phi) is 10.3. The summed E-state index contributed by atoms with van der Waals surface area (Å²) < 4.78 is 137. The second-order valence-corrected chi connectivity index (χ2v) is 17.2. The van der Waals surface area contributed by atoms with Gasteiger partial charge in [-0.2, -0.15) is 33.7 Å². The molecule has 2 heterocycles. The maximum atomic E-state index is 12.4. The molecule has 0 saturated heterocycles. The molecule has 4 aromatic carbocycles. The molecule has 2 aromatic heterocycles. The van der Waals surface area contributed by atoms with E-state index in [1.54, 1.807) is 0 Å². The SMILES string of the molecule is O=S(=O)(O)c1cc(N=Cc2cc(S(=O)(=O)O)c3cccnc3c2O)ccc1/C=C/c1ccc(N=Cc2cc(S(=O)(=O)O)c3cccnc3c2O)cc1S(=O)(=O)O. The Morgan fingerprint density at radius 1 is 0.464 bits per heavy atom. The number of aromatic nitrogens is 2. The predicted octanol–water partition coefficient (Wildman–Crippen LogP) is 4.85. The van der Waals surface area contributed by atoms with Gasteiger partial charge in [-0.25, -0.2) is 0 Å². The molecule has 22 heteroatoms. The molecule has 6 N–H and O–H groups in total. The second kappa shape index (κ2) is 14.6. The van der Waals surface area contributed by atoms with Crippen molar-refractivity contribution in [2.24, 2.45) is 9.98 Å². The molecule has 56 heavy (non-hydrogen) atoms. The molecule has 0 atom stereocenters. The van der Waals surface area contributed by atoms with E-state index in [-0.39, 0.29) is 55.4 Å². The van der Waals surface area contributed by atoms with Gasteiger partial charge in [0.15, 0.2) is 11.5 Å². The molecule has 18 nitrogen and oxygen atoms in total. The minimum absolute atomic E-state index is 0.0788. The van der Waals surface area contributed by atoms with Gasteiger partial charge in [-0.05, 0) is 71.8 Å². The summed E-state index contributed by atoms with van der Waals surface area (Å²) in [6, 6.07) is 13.9. The normalized spacial score (nSPS) is 13.1. The predicted molar refractivity (Wildman–Crippen MR) is 202 cm³/mol. The molecule has 0 spiro atoms. The summed E-state index contributed by atoms with van der Waals surface area (Å²) in [5, 5.41) is 21.2. The molecule has 0 amide bonds. The van der Waals surface area contributed by atoms with Gasteiger partial charge in [0.1, 0.15) is 30.6 Å². The van der Waals surface area contributed by atoms with E-state index in [9.17, 15) is 62.1 Å². The van der Waals surface area contributed by atoms with Gasteiger partial charge in [0.25, 0.3) is 40.5 Å². The van der Waals surface area contributed by atoms with Crippen molar-refractivity contribution < 1.29 is 62.1 Å². The van der Waals surface area contributed by atoms with Gasteiger partial charge in [0.05, 0.1) is 11.4 Å². The smallest absolute Gasteiger partial charge is 0.295 e. The average Bonchev–Trinajstić information content (AvgIpc) is 3.12. The highest BCUT2D eigenvalue weighted by molar-refractivity contribution is 7.86. The number of pyridine rings is 2. The van der Waals surface area contributed by atoms with Crippen LogP contribution in [0.25, 0.3) is 34.0 Å². The fourth-order valence-corrected chi connectivity index (χ4v) is 8.30. The molecule has 0 saturated carbocycles. The van der Waals surface area contributed by atoms with Crippen molar-refractivity contribution in [2.75, 3.05) is 0 Å². The largest absolute Gasteiger partial charge is 0.505 e. The fourth-order valence-electron chi connectivity index (χ4n) is 5.45. The summed E-state index contributed by atoms with van der Waals surface area (Å²) in [6.45, 7) is 0. The van der Waals surface area contributed by atoms with Crippen molar-refractivity contribution in [3.63, 3.8) is 0 Å². The van der Waals surface area contributed by atoms with Crippen LogP contribution >= 0.6 is 0 Å². The highest BCUT2D eigenvalue weighted by Crippen LogP contribution is 2.34. The zero-order valence-corrected chi connectivity index (χ0v) is 31.0. The minimum atomic E-state index is -4.98. The lowest BCUT2D eigenvalue weighted by atomic mass is 10.1. The molecule has 0 fully saturated rings. The average molecular weight is 841 g/mol. The van der Waals surface area contributed by atoms with Crippen LogP contribution in [-0.2, 0) is 40.5 Å². The molecule has 6 aromatic rings. The molecule has 0 aliphatic carbocycles. The lowest BCUT2D eigenvalue weighted by Gasteiger charge is -2.09. The number of benzene rings is 4. The van der Waals surface area contributed by atoms with E-state index in [0.29, 0.717) is 0 Å². The number of aromatic hydroxyl groups is 2. The number of aliphatic imine (C=N–C) groups is 2. The number of phenolic OH excluding ortho intramolecular Hbond substituents is 2. The Bertz CT molecular complexity index is 2950. The van der Waals surface area contributed by atoms with Crippen LogP contribution in [-0.4, -0.2) is 84.5 Å². The maximum Gasteiger partial charge on any atom is 0.295 e. The minimum Gasteiger partial charge on any atom is -0.505 e. The molecule has 0 bridgehead atoms. The lowest BCUT2D eigenvalue weighted by molar-refractivity contribution is 0.475. The Labute approximate surface area is 317 Å². The van der Waals surface area contributed by atoms with Crippen LogP contribution < -0.4 is 0 Å². The molecular formula is C34H24N4O14S4. The molecule has 288 valence electrons. The summed E-state index contributed by atoms with van der Waals surface area (Å²) in [6.07, 6.45) is 6.66. The summed E-state index contributed by atoms with van der Waals surface area (Å²) in [7, 11) is -19.5. The van der Waals surface area contributed by atoms with Crippen LogP contribution in [0.4, 0.5) is 11.4 Å². The van der Waals surface area contributed by atoms with Gasteiger partial charge >= 0.3 is 0 Å². The second-order valence-electron chi connectivity index (χ2n) is 11.6. The van der Waals surface area contributed by atoms with Crippen LogP contribution in [0, 0.1) is 0 Å². The molecular weight excluding hydrogens is 817 g/mol. The Morgan fingerprint density at radius 2 is 0.821 bits per heavy atom. The highest BCUT2D eigenvalue weighted by Gasteiger charge is 2.22. The number of fused-ring (bicyclic) bond motifs is 2. The Balaban J connectivity index is 1.35. The first-order valence-electron chi connectivity index (χ1n) is 15.3. The van der Waals surface area contributed by atoms with Crippen molar-refractivity contribution in [1.29, 1.82) is 0 Å². The summed E-state index contributed by atoms with van der Waals surface area (Å²) in [5.74, 6) is -1.01. The third kappa shape index (κ3) is 8.31. The number of phenols is 2. The first-order valence-corrected chi connectivity index (χ1v) is 21.0. The maximum absolute atomic E-state index is 12.4. The van der Waals surface area contributed by atoms with Crippen molar-refractivity contribution in [1.82, 2.24) is 9.97 Å². The Morgan fingerprint density at radius 3 is 1.16 bits per heavy atom. The molecule has 0 radical (unpaired) electrons. The van der Waals surface area contributed by atoms with Crippen molar-refractivity contribution in [3.8, 4) is 11.5 Å². The third-order valence-electron chi connectivity index (χ3n) is 7.97. The highest BCUT2D eigenvalue weighted by atomic mass is 32.2. The quantitative estimate of drug-likeness (QED) is 0.0610. The van der Waals surface area contributed by atoms with Gasteiger partial charge in [-0.15, -0.1) is 0 Å². The summed E-state index contributed by atoms with van der Waals surface area (Å²) in [5.41, 5.74) is -1.41. The zero-order valence-electron chi connectivity index (χ0n) is 27.8. The standard InChI is InChI=1S/C34H24N4O14S4/c39-33-21(13-29(55(47,48)49)25-3-1-11-35-31(25)33)17-37-23-9-7-19(27(15-23)53(41,42)43)5-6-20-8-10-24(16-28(20)54(44,45)46)38-18-22-14-30(56(50,51)52)26-4-2-12-36-32(26)34(22)40/h1-18,39-40H,(H,41,42,43)(H,44,45,46)(H,47,48,49)(H,50,51,52)/b6-5+,37-17?,38-18?. The van der Waals surface area contributed by atoms with E-state index in [2.05, 4.69) is 20.0 Å². The van der Waals surface area contributed by atoms with Crippen LogP contribution in [0.5, 0.6) is 11.5 Å². The number of hydrogen-bond donors (Lipinski definition) is 6. The topological polar surface area (TPSA) is 308 Å². The van der Waals surface area contributed by atoms with Gasteiger partial charge in [-0.3, -0.25) is 38.2 Å². The van der Waals surface area contributed by atoms with E-state index in [4.69, 9.17) is 0 Å². The number of hydrogen-bond acceptors (Lipinski definition) is 14. The monoisotopic (exact) mass is 840 g/mol. The lowest BCUT2D eigenvalue weighted by Crippen LogP contribution is -2.02. The first kappa shape index (κ1) is 39.7.